The maximum absolute atomic E-state index is 13.0. The molecule has 1 fully saturated rings. The second-order valence-electron chi connectivity index (χ2n) is 6.82. The molecule has 0 bridgehead atoms. The number of likely N-dealkylation sites (tertiary alicyclic amines) is 1. The van der Waals surface area contributed by atoms with Gasteiger partial charge in [0.2, 0.25) is 10.0 Å². The van der Waals surface area contributed by atoms with Gasteiger partial charge >= 0.3 is 0 Å². The number of amides is 1. The first-order valence-electron chi connectivity index (χ1n) is 8.71. The molecule has 1 heterocycles. The van der Waals surface area contributed by atoms with Crippen molar-refractivity contribution in [2.24, 2.45) is 0 Å². The van der Waals surface area contributed by atoms with Gasteiger partial charge in [0.1, 0.15) is 0 Å². The van der Waals surface area contributed by atoms with Crippen molar-refractivity contribution >= 4 is 15.9 Å². The standard InChI is InChI=1S/C20H24N2O3S/c1-15-7-4-5-8-18(15)19-9-6-14-22(19)20(23)16-10-12-17(13-11-16)26(24,25)21(2)3/h4-5,7-8,10-13,19H,6,9,14H2,1-3H3. The largest absolute Gasteiger partial charge is 0.332 e. The van der Waals surface area contributed by atoms with E-state index in [1.807, 2.05) is 17.0 Å². The SMILES string of the molecule is Cc1ccccc1C1CCCN1C(=O)c1ccc(S(=O)(=O)N(C)C)cc1. The third-order valence-electron chi connectivity index (χ3n) is 4.94. The van der Waals surface area contributed by atoms with Gasteiger partial charge in [0.05, 0.1) is 10.9 Å². The summed E-state index contributed by atoms with van der Waals surface area (Å²) in [6.45, 7) is 2.78. The van der Waals surface area contributed by atoms with Crippen LogP contribution < -0.4 is 0 Å². The van der Waals surface area contributed by atoms with Crippen molar-refractivity contribution < 1.29 is 13.2 Å². The van der Waals surface area contributed by atoms with Crippen LogP contribution in [-0.4, -0.2) is 44.2 Å². The van der Waals surface area contributed by atoms with Gasteiger partial charge in [-0.05, 0) is 55.2 Å². The van der Waals surface area contributed by atoms with Crippen LogP contribution in [0.3, 0.4) is 0 Å². The summed E-state index contributed by atoms with van der Waals surface area (Å²) in [5, 5.41) is 0. The Morgan fingerprint density at radius 3 is 2.35 bits per heavy atom. The van der Waals surface area contributed by atoms with Crippen LogP contribution in [0, 0.1) is 6.92 Å². The number of hydrogen-bond donors (Lipinski definition) is 0. The summed E-state index contributed by atoms with van der Waals surface area (Å²) in [6, 6.07) is 14.4. The lowest BCUT2D eigenvalue weighted by molar-refractivity contribution is 0.0735. The minimum Gasteiger partial charge on any atom is -0.332 e. The Hall–Kier alpha value is -2.18. The van der Waals surface area contributed by atoms with E-state index < -0.39 is 10.0 Å². The van der Waals surface area contributed by atoms with Crippen molar-refractivity contribution in [2.75, 3.05) is 20.6 Å². The number of benzene rings is 2. The Balaban J connectivity index is 1.86. The summed E-state index contributed by atoms with van der Waals surface area (Å²) in [7, 11) is -0.506. The lowest BCUT2D eigenvalue weighted by Crippen LogP contribution is -2.31. The van der Waals surface area contributed by atoms with Gasteiger partial charge in [0.25, 0.3) is 5.91 Å². The normalized spacial score (nSPS) is 17.7. The van der Waals surface area contributed by atoms with Crippen molar-refractivity contribution in [3.05, 3.63) is 65.2 Å². The molecule has 0 aromatic heterocycles. The average molecular weight is 372 g/mol. The zero-order valence-electron chi connectivity index (χ0n) is 15.3. The molecule has 0 saturated carbocycles. The molecule has 0 spiro atoms. The van der Waals surface area contributed by atoms with E-state index in [0.29, 0.717) is 5.56 Å². The molecular formula is C20H24N2O3S. The first kappa shape index (κ1) is 18.6. The number of carbonyl (C=O) groups excluding carboxylic acids is 1. The Morgan fingerprint density at radius 2 is 1.73 bits per heavy atom. The van der Waals surface area contributed by atoms with Crippen molar-refractivity contribution in [2.45, 2.75) is 30.7 Å². The molecule has 0 N–H and O–H groups in total. The van der Waals surface area contributed by atoms with Crippen molar-refractivity contribution in [1.82, 2.24) is 9.21 Å². The van der Waals surface area contributed by atoms with Crippen molar-refractivity contribution in [1.29, 1.82) is 0 Å². The van der Waals surface area contributed by atoms with Crippen molar-refractivity contribution in [3.8, 4) is 0 Å². The molecule has 2 aromatic carbocycles. The molecule has 26 heavy (non-hydrogen) atoms. The molecule has 2 aromatic rings. The Kier molecular flexibility index (Phi) is 5.16. The highest BCUT2D eigenvalue weighted by molar-refractivity contribution is 7.89. The molecule has 0 aliphatic carbocycles. The van der Waals surface area contributed by atoms with Gasteiger partial charge in [-0.2, -0.15) is 0 Å². The topological polar surface area (TPSA) is 57.7 Å². The summed E-state index contributed by atoms with van der Waals surface area (Å²) in [5.74, 6) is -0.0513. The predicted molar refractivity (Wildman–Crippen MR) is 102 cm³/mol. The monoisotopic (exact) mass is 372 g/mol. The molecule has 138 valence electrons. The lowest BCUT2D eigenvalue weighted by Gasteiger charge is -2.26. The van der Waals surface area contributed by atoms with E-state index >= 15 is 0 Å². The fraction of sp³-hybridized carbons (Fsp3) is 0.350. The number of sulfonamides is 1. The van der Waals surface area contributed by atoms with Crippen LogP contribution in [0.15, 0.2) is 53.4 Å². The third kappa shape index (κ3) is 3.39. The van der Waals surface area contributed by atoms with Gasteiger partial charge in [0, 0.05) is 26.2 Å². The summed E-state index contributed by atoms with van der Waals surface area (Å²) in [6.07, 6.45) is 1.92. The first-order chi connectivity index (χ1) is 12.3. The summed E-state index contributed by atoms with van der Waals surface area (Å²) < 4.78 is 25.5. The van der Waals surface area contributed by atoms with Crippen LogP contribution in [0.2, 0.25) is 0 Å². The van der Waals surface area contributed by atoms with Gasteiger partial charge in [-0.25, -0.2) is 12.7 Å². The zero-order chi connectivity index (χ0) is 18.9. The highest BCUT2D eigenvalue weighted by atomic mass is 32.2. The third-order valence-corrected chi connectivity index (χ3v) is 6.77. The summed E-state index contributed by atoms with van der Waals surface area (Å²) >= 11 is 0. The van der Waals surface area contributed by atoms with Crippen molar-refractivity contribution in [3.63, 3.8) is 0 Å². The van der Waals surface area contributed by atoms with Crippen LogP contribution >= 0.6 is 0 Å². The molecule has 1 amide bonds. The molecule has 1 unspecified atom stereocenters. The summed E-state index contributed by atoms with van der Waals surface area (Å²) in [4.78, 5) is 15.1. The smallest absolute Gasteiger partial charge is 0.254 e. The fourth-order valence-corrected chi connectivity index (χ4v) is 4.34. The molecule has 1 aliphatic heterocycles. The Labute approximate surface area is 155 Å². The molecule has 1 atom stereocenters. The molecule has 0 radical (unpaired) electrons. The number of hydrogen-bond acceptors (Lipinski definition) is 3. The Morgan fingerprint density at radius 1 is 1.08 bits per heavy atom. The highest BCUT2D eigenvalue weighted by Gasteiger charge is 2.31. The quantitative estimate of drug-likeness (QED) is 0.828. The predicted octanol–water partition coefficient (Wildman–Crippen LogP) is 3.22. The van der Waals surface area contributed by atoms with E-state index in [-0.39, 0.29) is 16.8 Å². The van der Waals surface area contributed by atoms with E-state index in [0.717, 1.165) is 19.4 Å². The fourth-order valence-electron chi connectivity index (χ4n) is 3.44. The van der Waals surface area contributed by atoms with Crippen LogP contribution in [0.25, 0.3) is 0 Å². The van der Waals surface area contributed by atoms with E-state index in [1.54, 1.807) is 12.1 Å². The number of aryl methyl sites for hydroxylation is 1. The second kappa shape index (κ2) is 7.21. The molecule has 6 heteroatoms. The van der Waals surface area contributed by atoms with E-state index in [9.17, 15) is 13.2 Å². The van der Waals surface area contributed by atoms with Gasteiger partial charge < -0.3 is 4.90 Å². The van der Waals surface area contributed by atoms with Gasteiger partial charge in [-0.1, -0.05) is 24.3 Å². The minimum atomic E-state index is -3.49. The Bertz CT molecular complexity index is 905. The van der Waals surface area contributed by atoms with Crippen LogP contribution in [0.5, 0.6) is 0 Å². The second-order valence-corrected chi connectivity index (χ2v) is 8.98. The van der Waals surface area contributed by atoms with Gasteiger partial charge in [-0.15, -0.1) is 0 Å². The van der Waals surface area contributed by atoms with Crippen LogP contribution in [0.1, 0.15) is 40.4 Å². The van der Waals surface area contributed by atoms with E-state index in [1.165, 1.54) is 41.7 Å². The maximum atomic E-state index is 13.0. The summed E-state index contributed by atoms with van der Waals surface area (Å²) in [5.41, 5.74) is 2.89. The maximum Gasteiger partial charge on any atom is 0.254 e. The van der Waals surface area contributed by atoms with Crippen LogP contribution in [-0.2, 0) is 10.0 Å². The molecule has 5 nitrogen and oxygen atoms in total. The zero-order valence-corrected chi connectivity index (χ0v) is 16.2. The molecule has 1 aliphatic rings. The molecule has 1 saturated heterocycles. The van der Waals surface area contributed by atoms with Crippen LogP contribution in [0.4, 0.5) is 0 Å². The number of nitrogens with zero attached hydrogens (tertiary/aromatic N) is 2. The van der Waals surface area contributed by atoms with Gasteiger partial charge in [-0.3, -0.25) is 4.79 Å². The first-order valence-corrected chi connectivity index (χ1v) is 10.2. The number of rotatable bonds is 4. The molecular weight excluding hydrogens is 348 g/mol. The van der Waals surface area contributed by atoms with Gasteiger partial charge in [0.15, 0.2) is 0 Å². The molecule has 3 rings (SSSR count). The number of carbonyl (C=O) groups is 1. The van der Waals surface area contributed by atoms with E-state index in [2.05, 4.69) is 19.1 Å². The highest BCUT2D eigenvalue weighted by Crippen LogP contribution is 2.34. The lowest BCUT2D eigenvalue weighted by atomic mass is 9.99. The average Bonchev–Trinajstić information content (AvgIpc) is 3.11. The van der Waals surface area contributed by atoms with E-state index in [4.69, 9.17) is 0 Å². The minimum absolute atomic E-state index is 0.0513.